The van der Waals surface area contributed by atoms with Crippen LogP contribution in [0, 0.1) is 0 Å². The van der Waals surface area contributed by atoms with Gasteiger partial charge in [0.15, 0.2) is 9.84 Å². The van der Waals surface area contributed by atoms with E-state index in [-0.39, 0.29) is 14.9 Å². The third kappa shape index (κ3) is 4.41. The van der Waals surface area contributed by atoms with Gasteiger partial charge in [0.1, 0.15) is 12.5 Å². The monoisotopic (exact) mass is 433 g/mol. The first kappa shape index (κ1) is 20.8. The molecular weight excluding hydrogens is 422 g/mol. The van der Waals surface area contributed by atoms with E-state index in [1.807, 2.05) is 0 Å². The highest BCUT2D eigenvalue weighted by molar-refractivity contribution is 7.92. The minimum Gasteiger partial charge on any atom is -0.480 e. The maximum Gasteiger partial charge on any atom is 0.397 e. The zero-order valence-electron chi connectivity index (χ0n) is 12.8. The molecule has 0 spiro atoms. The van der Waals surface area contributed by atoms with Crippen molar-refractivity contribution in [3.05, 3.63) is 28.2 Å². The number of hydrogen-bond donors (Lipinski definition) is 1. The molecule has 1 aliphatic heterocycles. The molecule has 1 fully saturated rings. The van der Waals surface area contributed by atoms with Crippen LogP contribution in [-0.4, -0.2) is 54.3 Å². The van der Waals surface area contributed by atoms with Crippen molar-refractivity contribution in [2.24, 2.45) is 0 Å². The van der Waals surface area contributed by atoms with Gasteiger partial charge in [0.25, 0.3) is 0 Å². The summed E-state index contributed by atoms with van der Waals surface area (Å²) >= 11 is 11.6. The number of hydrogen-bond acceptors (Lipinski definition) is 4. The van der Waals surface area contributed by atoms with Crippen LogP contribution >= 0.6 is 23.2 Å². The van der Waals surface area contributed by atoms with Crippen LogP contribution in [0.2, 0.25) is 10.0 Å². The molecule has 26 heavy (non-hydrogen) atoms. The molecule has 0 bridgehead atoms. The van der Waals surface area contributed by atoms with Crippen LogP contribution in [0.5, 0.6) is 0 Å². The molecule has 0 aromatic heterocycles. The van der Waals surface area contributed by atoms with E-state index in [4.69, 9.17) is 28.3 Å². The van der Waals surface area contributed by atoms with E-state index in [0.29, 0.717) is 4.90 Å². The van der Waals surface area contributed by atoms with Gasteiger partial charge in [-0.2, -0.15) is 13.2 Å². The third-order valence-electron chi connectivity index (χ3n) is 3.86. The second-order valence-corrected chi connectivity index (χ2v) is 8.71. The average Bonchev–Trinajstić information content (AvgIpc) is 2.91. The molecule has 1 heterocycles. The Kier molecular flexibility index (Phi) is 5.79. The molecule has 1 aromatic rings. The lowest BCUT2D eigenvalue weighted by molar-refractivity contribution is -0.165. The zero-order chi connectivity index (χ0) is 19.9. The molecule has 1 N–H and O–H groups in total. The number of carbonyl (C=O) groups excluding carboxylic acids is 1. The second-order valence-electron chi connectivity index (χ2n) is 5.67. The van der Waals surface area contributed by atoms with Crippen LogP contribution in [0.15, 0.2) is 23.1 Å². The highest BCUT2D eigenvalue weighted by atomic mass is 35.5. The number of alkyl halides is 3. The molecule has 6 nitrogen and oxygen atoms in total. The second kappa shape index (κ2) is 7.24. The van der Waals surface area contributed by atoms with E-state index in [2.05, 4.69) is 0 Å². The first-order valence-corrected chi connectivity index (χ1v) is 9.41. The molecule has 12 heteroatoms. The number of likely N-dealkylation sites (tertiary alicyclic amines) is 1. The average molecular weight is 434 g/mol. The van der Waals surface area contributed by atoms with Crippen molar-refractivity contribution >= 4 is 44.9 Å². The van der Waals surface area contributed by atoms with Crippen LogP contribution in [-0.2, 0) is 19.4 Å². The summed E-state index contributed by atoms with van der Waals surface area (Å²) in [5.41, 5.74) is 0. The molecule has 1 aliphatic rings. The largest absolute Gasteiger partial charge is 0.480 e. The summed E-state index contributed by atoms with van der Waals surface area (Å²) in [6.07, 6.45) is -7.25. The number of carbonyl (C=O) groups is 2. The molecule has 0 radical (unpaired) electrons. The fraction of sp³-hybridized carbons (Fsp3) is 0.429. The highest BCUT2D eigenvalue weighted by Crippen LogP contribution is 2.34. The van der Waals surface area contributed by atoms with Gasteiger partial charge in [-0.15, -0.1) is 0 Å². The standard InChI is InChI=1S/C14H12Cl2F3NO5S/c15-7-1-2-11(9(16)3-7)26(24,25)8-4-10(13(22)23)20(6-8)12(21)5-14(17,18)19/h1-3,8,10H,4-6H2,(H,22,23)/t8-,10+/m1/s1. The van der Waals surface area contributed by atoms with Crippen LogP contribution in [0.25, 0.3) is 0 Å². The van der Waals surface area contributed by atoms with Crippen LogP contribution in [0.1, 0.15) is 12.8 Å². The molecule has 1 saturated heterocycles. The Morgan fingerprint density at radius 2 is 1.88 bits per heavy atom. The van der Waals surface area contributed by atoms with E-state index in [1.165, 1.54) is 12.1 Å². The molecule has 1 amide bonds. The normalized spacial score (nSPS) is 21.0. The summed E-state index contributed by atoms with van der Waals surface area (Å²) in [4.78, 5) is 23.2. The molecule has 0 aliphatic carbocycles. The summed E-state index contributed by atoms with van der Waals surface area (Å²) in [6.45, 7) is -0.673. The van der Waals surface area contributed by atoms with Crippen LogP contribution in [0.4, 0.5) is 13.2 Å². The SMILES string of the molecule is O=C(O)[C@@H]1C[C@@H](S(=O)(=O)c2ccc(Cl)cc2Cl)CN1C(=O)CC(F)(F)F. The summed E-state index contributed by atoms with van der Waals surface area (Å²) in [7, 11) is -4.19. The maximum absolute atomic E-state index is 12.7. The van der Waals surface area contributed by atoms with Crippen molar-refractivity contribution in [1.82, 2.24) is 4.90 Å². The van der Waals surface area contributed by atoms with Gasteiger partial charge in [-0.3, -0.25) is 4.79 Å². The lowest BCUT2D eigenvalue weighted by Crippen LogP contribution is -2.42. The predicted molar refractivity (Wildman–Crippen MR) is 85.9 cm³/mol. The molecule has 1 aromatic carbocycles. The van der Waals surface area contributed by atoms with Crippen molar-refractivity contribution in [1.29, 1.82) is 0 Å². The molecule has 0 unspecified atom stereocenters. The Balaban J connectivity index is 2.34. The lowest BCUT2D eigenvalue weighted by atomic mass is 10.2. The lowest BCUT2D eigenvalue weighted by Gasteiger charge is -2.22. The Bertz CT molecular complexity index is 843. The number of halogens is 5. The van der Waals surface area contributed by atoms with Crippen molar-refractivity contribution < 1.29 is 36.3 Å². The molecule has 2 rings (SSSR count). The van der Waals surface area contributed by atoms with Crippen LogP contribution < -0.4 is 0 Å². The fourth-order valence-corrected chi connectivity index (χ4v) is 5.16. The number of rotatable bonds is 4. The molecule has 2 atom stereocenters. The Morgan fingerprint density at radius 3 is 2.38 bits per heavy atom. The van der Waals surface area contributed by atoms with Gasteiger partial charge in [0, 0.05) is 11.6 Å². The topological polar surface area (TPSA) is 91.8 Å². The summed E-state index contributed by atoms with van der Waals surface area (Å²) in [6, 6.07) is 1.88. The van der Waals surface area contributed by atoms with Gasteiger partial charge in [-0.05, 0) is 24.6 Å². The van der Waals surface area contributed by atoms with Crippen molar-refractivity contribution in [2.75, 3.05) is 6.54 Å². The van der Waals surface area contributed by atoms with Crippen molar-refractivity contribution in [2.45, 2.75) is 35.2 Å². The van der Waals surface area contributed by atoms with E-state index in [9.17, 15) is 31.2 Å². The number of amides is 1. The number of aliphatic carboxylic acids is 1. The first-order chi connectivity index (χ1) is 11.8. The zero-order valence-corrected chi connectivity index (χ0v) is 15.2. The van der Waals surface area contributed by atoms with E-state index in [0.717, 1.165) is 6.07 Å². The molecule has 0 saturated carbocycles. The minimum absolute atomic E-state index is 0.172. The molecular formula is C14H12Cl2F3NO5S. The Hall–Kier alpha value is -1.52. The van der Waals surface area contributed by atoms with Gasteiger partial charge in [0.2, 0.25) is 5.91 Å². The van der Waals surface area contributed by atoms with E-state index in [1.54, 1.807) is 0 Å². The summed E-state index contributed by atoms with van der Waals surface area (Å²) in [5, 5.41) is 7.73. The van der Waals surface area contributed by atoms with E-state index < -0.39 is 58.6 Å². The Labute approximate surface area is 156 Å². The van der Waals surface area contributed by atoms with Crippen LogP contribution in [0.3, 0.4) is 0 Å². The predicted octanol–water partition coefficient (Wildman–Crippen LogP) is 2.77. The highest BCUT2D eigenvalue weighted by Gasteiger charge is 2.47. The van der Waals surface area contributed by atoms with Crippen molar-refractivity contribution in [3.63, 3.8) is 0 Å². The fourth-order valence-electron chi connectivity index (χ4n) is 2.69. The molecule has 144 valence electrons. The number of carboxylic acid groups (broad SMARTS) is 1. The number of benzene rings is 1. The summed E-state index contributed by atoms with van der Waals surface area (Å²) < 4.78 is 62.7. The maximum atomic E-state index is 12.7. The number of carboxylic acids is 1. The quantitative estimate of drug-likeness (QED) is 0.787. The number of nitrogens with zero attached hydrogens (tertiary/aromatic N) is 1. The van der Waals surface area contributed by atoms with Gasteiger partial charge in [-0.1, -0.05) is 23.2 Å². The minimum atomic E-state index is -4.84. The smallest absolute Gasteiger partial charge is 0.397 e. The number of sulfone groups is 1. The van der Waals surface area contributed by atoms with Gasteiger partial charge >= 0.3 is 12.1 Å². The Morgan fingerprint density at radius 1 is 1.27 bits per heavy atom. The van der Waals surface area contributed by atoms with Gasteiger partial charge < -0.3 is 10.0 Å². The van der Waals surface area contributed by atoms with E-state index >= 15 is 0 Å². The third-order valence-corrected chi connectivity index (χ3v) is 6.71. The van der Waals surface area contributed by atoms with Gasteiger partial charge in [0.05, 0.1) is 15.2 Å². The van der Waals surface area contributed by atoms with Gasteiger partial charge in [-0.25, -0.2) is 13.2 Å². The first-order valence-electron chi connectivity index (χ1n) is 7.11. The summed E-state index contributed by atoms with van der Waals surface area (Å²) in [5.74, 6) is -3.08. The van der Waals surface area contributed by atoms with Crippen molar-refractivity contribution in [3.8, 4) is 0 Å².